The summed E-state index contributed by atoms with van der Waals surface area (Å²) >= 11 is 0. The molecular formula is C13H14F2O. The Morgan fingerprint density at radius 2 is 1.81 bits per heavy atom. The molecule has 86 valence electrons. The van der Waals surface area contributed by atoms with Gasteiger partial charge < -0.3 is 0 Å². The smallest absolute Gasteiger partial charge is 0.135 e. The average molecular weight is 224 g/mol. The Balaban J connectivity index is 1.82. The lowest BCUT2D eigenvalue weighted by Gasteiger charge is -2.02. The van der Waals surface area contributed by atoms with Crippen LogP contribution >= 0.6 is 0 Å². The number of rotatable bonds is 5. The summed E-state index contributed by atoms with van der Waals surface area (Å²) in [5.74, 6) is -0.520. The number of benzene rings is 1. The van der Waals surface area contributed by atoms with Crippen molar-refractivity contribution < 1.29 is 13.6 Å². The summed E-state index contributed by atoms with van der Waals surface area (Å²) in [7, 11) is 0. The SMILES string of the molecule is O=C(CCCc1cc(F)cc(F)c1)C1CC1. The quantitative estimate of drug-likeness (QED) is 0.750. The normalized spacial score (nSPS) is 15.1. The van der Waals surface area contributed by atoms with E-state index in [-0.39, 0.29) is 5.92 Å². The van der Waals surface area contributed by atoms with Gasteiger partial charge in [0.05, 0.1) is 0 Å². The van der Waals surface area contributed by atoms with Gasteiger partial charge in [0.15, 0.2) is 0 Å². The predicted molar refractivity (Wildman–Crippen MR) is 57.0 cm³/mol. The monoisotopic (exact) mass is 224 g/mol. The van der Waals surface area contributed by atoms with E-state index in [0.717, 1.165) is 18.9 Å². The summed E-state index contributed by atoms with van der Waals surface area (Å²) in [4.78, 5) is 11.4. The summed E-state index contributed by atoms with van der Waals surface area (Å²) in [5, 5.41) is 0. The van der Waals surface area contributed by atoms with E-state index >= 15 is 0 Å². The van der Waals surface area contributed by atoms with E-state index in [9.17, 15) is 13.6 Å². The fourth-order valence-electron chi connectivity index (χ4n) is 1.83. The molecule has 2 rings (SSSR count). The van der Waals surface area contributed by atoms with Crippen LogP contribution in [0.15, 0.2) is 18.2 Å². The number of halogens is 2. The molecule has 3 heteroatoms. The molecule has 0 saturated heterocycles. The molecule has 0 aliphatic heterocycles. The van der Waals surface area contributed by atoms with E-state index in [0.29, 0.717) is 30.6 Å². The molecule has 0 heterocycles. The zero-order chi connectivity index (χ0) is 11.5. The van der Waals surface area contributed by atoms with Gasteiger partial charge in [0.25, 0.3) is 0 Å². The Labute approximate surface area is 93.5 Å². The first-order chi connectivity index (χ1) is 7.65. The van der Waals surface area contributed by atoms with Gasteiger partial charge in [0.2, 0.25) is 0 Å². The summed E-state index contributed by atoms with van der Waals surface area (Å²) in [6, 6.07) is 3.51. The van der Waals surface area contributed by atoms with Crippen molar-refractivity contribution in [2.24, 2.45) is 5.92 Å². The van der Waals surface area contributed by atoms with Crippen molar-refractivity contribution in [1.29, 1.82) is 0 Å². The van der Waals surface area contributed by atoms with Gasteiger partial charge in [-0.05, 0) is 43.4 Å². The molecule has 0 unspecified atom stereocenters. The molecule has 0 aromatic heterocycles. The minimum Gasteiger partial charge on any atom is -0.299 e. The van der Waals surface area contributed by atoms with E-state index in [1.165, 1.54) is 12.1 Å². The number of carbonyl (C=O) groups excluding carboxylic acids is 1. The van der Waals surface area contributed by atoms with Crippen LogP contribution in [0.3, 0.4) is 0 Å². The van der Waals surface area contributed by atoms with Gasteiger partial charge in [0, 0.05) is 18.4 Å². The predicted octanol–water partition coefficient (Wildman–Crippen LogP) is 3.27. The molecule has 0 radical (unpaired) electrons. The molecular weight excluding hydrogens is 210 g/mol. The van der Waals surface area contributed by atoms with Crippen LogP contribution in [0.1, 0.15) is 31.2 Å². The van der Waals surface area contributed by atoms with Gasteiger partial charge in [-0.2, -0.15) is 0 Å². The third-order valence-electron chi connectivity index (χ3n) is 2.84. The van der Waals surface area contributed by atoms with Crippen LogP contribution in [0, 0.1) is 17.6 Å². The Hall–Kier alpha value is -1.25. The minimum atomic E-state index is -0.552. The second-order valence-electron chi connectivity index (χ2n) is 4.37. The summed E-state index contributed by atoms with van der Waals surface area (Å²) < 4.78 is 25.7. The molecule has 1 aromatic rings. The number of ketones is 1. The number of hydrogen-bond acceptors (Lipinski definition) is 1. The number of Topliss-reactive ketones (excluding diaryl/α,β-unsaturated/α-hetero) is 1. The Kier molecular flexibility index (Phi) is 3.32. The zero-order valence-electron chi connectivity index (χ0n) is 9.01. The fraction of sp³-hybridized carbons (Fsp3) is 0.462. The molecule has 1 fully saturated rings. The van der Waals surface area contributed by atoms with Crippen LogP contribution in [0.25, 0.3) is 0 Å². The van der Waals surface area contributed by atoms with Crippen LogP contribution in [0.5, 0.6) is 0 Å². The van der Waals surface area contributed by atoms with Crippen molar-refractivity contribution in [3.8, 4) is 0 Å². The van der Waals surface area contributed by atoms with Gasteiger partial charge in [-0.1, -0.05) is 0 Å². The summed E-state index contributed by atoms with van der Waals surface area (Å²) in [6.45, 7) is 0. The number of carbonyl (C=O) groups is 1. The minimum absolute atomic E-state index is 0.282. The third kappa shape index (κ3) is 3.12. The molecule has 0 spiro atoms. The van der Waals surface area contributed by atoms with E-state index < -0.39 is 11.6 Å². The van der Waals surface area contributed by atoms with E-state index in [1.807, 2.05) is 0 Å². The molecule has 0 atom stereocenters. The topological polar surface area (TPSA) is 17.1 Å². The lowest BCUT2D eigenvalue weighted by Crippen LogP contribution is -2.01. The molecule has 1 aliphatic carbocycles. The first kappa shape index (κ1) is 11.2. The number of aryl methyl sites for hydroxylation is 1. The molecule has 1 aliphatic rings. The fourth-order valence-corrected chi connectivity index (χ4v) is 1.83. The third-order valence-corrected chi connectivity index (χ3v) is 2.84. The largest absolute Gasteiger partial charge is 0.299 e. The highest BCUT2D eigenvalue weighted by molar-refractivity contribution is 5.83. The Morgan fingerprint density at radius 3 is 2.38 bits per heavy atom. The standard InChI is InChI=1S/C13H14F2O/c14-11-6-9(7-12(15)8-11)2-1-3-13(16)10-4-5-10/h6-8,10H,1-5H2. The summed E-state index contributed by atoms with van der Waals surface area (Å²) in [6.07, 6.45) is 3.81. The molecule has 16 heavy (non-hydrogen) atoms. The highest BCUT2D eigenvalue weighted by Gasteiger charge is 2.28. The van der Waals surface area contributed by atoms with Crippen LogP contribution in [-0.4, -0.2) is 5.78 Å². The first-order valence-electron chi connectivity index (χ1n) is 5.63. The van der Waals surface area contributed by atoms with Crippen LogP contribution in [-0.2, 0) is 11.2 Å². The zero-order valence-corrected chi connectivity index (χ0v) is 9.01. The molecule has 1 saturated carbocycles. The average Bonchev–Trinajstić information content (AvgIpc) is 2.98. The Morgan fingerprint density at radius 1 is 1.19 bits per heavy atom. The van der Waals surface area contributed by atoms with Crippen molar-refractivity contribution >= 4 is 5.78 Å². The van der Waals surface area contributed by atoms with E-state index in [2.05, 4.69) is 0 Å². The van der Waals surface area contributed by atoms with Gasteiger partial charge in [-0.15, -0.1) is 0 Å². The lowest BCUT2D eigenvalue weighted by molar-refractivity contribution is -0.120. The van der Waals surface area contributed by atoms with Gasteiger partial charge in [-0.25, -0.2) is 8.78 Å². The molecule has 0 amide bonds. The molecule has 1 aromatic carbocycles. The lowest BCUT2D eigenvalue weighted by atomic mass is 10.0. The van der Waals surface area contributed by atoms with Crippen LogP contribution in [0.4, 0.5) is 8.78 Å². The maximum atomic E-state index is 12.8. The highest BCUT2D eigenvalue weighted by Crippen LogP contribution is 2.31. The molecule has 0 bridgehead atoms. The van der Waals surface area contributed by atoms with Crippen LogP contribution < -0.4 is 0 Å². The second-order valence-corrected chi connectivity index (χ2v) is 4.37. The molecule has 1 nitrogen and oxygen atoms in total. The second kappa shape index (κ2) is 4.73. The van der Waals surface area contributed by atoms with Crippen molar-refractivity contribution in [2.75, 3.05) is 0 Å². The molecule has 0 N–H and O–H groups in total. The Bertz CT molecular complexity index is 377. The summed E-state index contributed by atoms with van der Waals surface area (Å²) in [5.41, 5.74) is 0.626. The van der Waals surface area contributed by atoms with E-state index in [4.69, 9.17) is 0 Å². The number of hydrogen-bond donors (Lipinski definition) is 0. The van der Waals surface area contributed by atoms with Crippen molar-refractivity contribution in [2.45, 2.75) is 32.1 Å². The van der Waals surface area contributed by atoms with Gasteiger partial charge in [-0.3, -0.25) is 4.79 Å². The maximum Gasteiger partial charge on any atom is 0.135 e. The van der Waals surface area contributed by atoms with Crippen LogP contribution in [0.2, 0.25) is 0 Å². The van der Waals surface area contributed by atoms with Crippen molar-refractivity contribution in [3.63, 3.8) is 0 Å². The van der Waals surface area contributed by atoms with E-state index in [1.54, 1.807) is 0 Å². The van der Waals surface area contributed by atoms with Crippen molar-refractivity contribution in [1.82, 2.24) is 0 Å². The van der Waals surface area contributed by atoms with Gasteiger partial charge in [0.1, 0.15) is 17.4 Å². The maximum absolute atomic E-state index is 12.8. The highest BCUT2D eigenvalue weighted by atomic mass is 19.1. The first-order valence-corrected chi connectivity index (χ1v) is 5.63. The van der Waals surface area contributed by atoms with Crippen molar-refractivity contribution in [3.05, 3.63) is 35.4 Å². The van der Waals surface area contributed by atoms with Gasteiger partial charge >= 0.3 is 0 Å².